The van der Waals surface area contributed by atoms with Crippen molar-refractivity contribution in [3.8, 4) is 0 Å². The number of aromatic nitrogens is 2. The molecule has 1 aliphatic rings. The number of nitrogens with one attached hydrogen (secondary N) is 1. The van der Waals surface area contributed by atoms with E-state index >= 15 is 0 Å². The predicted octanol–water partition coefficient (Wildman–Crippen LogP) is 2.53. The molecule has 10 heteroatoms. The van der Waals surface area contributed by atoms with Crippen LogP contribution in [0.15, 0.2) is 42.2 Å². The van der Waals surface area contributed by atoms with Gasteiger partial charge in [0.25, 0.3) is 0 Å². The molecule has 1 fully saturated rings. The van der Waals surface area contributed by atoms with E-state index in [2.05, 4.69) is 15.3 Å². The first-order chi connectivity index (χ1) is 15.7. The first-order valence-corrected chi connectivity index (χ1v) is 11.3. The highest BCUT2D eigenvalue weighted by atomic mass is 32.1. The van der Waals surface area contributed by atoms with Gasteiger partial charge in [-0.1, -0.05) is 13.0 Å². The molecular formula is C23H25N5O4S. The second-order valence-electron chi connectivity index (χ2n) is 8.46. The highest BCUT2D eigenvalue weighted by Crippen LogP contribution is 2.41. The van der Waals surface area contributed by atoms with Gasteiger partial charge in [-0.25, -0.2) is 4.98 Å². The summed E-state index contributed by atoms with van der Waals surface area (Å²) in [6, 6.07) is 7.31. The molecule has 3 N–H and O–H groups in total. The summed E-state index contributed by atoms with van der Waals surface area (Å²) in [4.78, 5) is 47.7. The molecule has 0 aliphatic carbocycles. The zero-order valence-corrected chi connectivity index (χ0v) is 19.4. The normalized spacial score (nSPS) is 22.8. The number of piperidine rings is 1. The van der Waals surface area contributed by atoms with E-state index in [1.807, 2.05) is 32.0 Å². The summed E-state index contributed by atoms with van der Waals surface area (Å²) in [6.07, 6.45) is 3.10. The van der Waals surface area contributed by atoms with Gasteiger partial charge in [-0.3, -0.25) is 19.4 Å². The number of methoxy groups -OCH3 is 1. The van der Waals surface area contributed by atoms with Crippen LogP contribution in [0.25, 0.3) is 10.2 Å². The minimum atomic E-state index is -0.817. The van der Waals surface area contributed by atoms with Crippen LogP contribution in [0.5, 0.6) is 0 Å². The molecule has 3 amide bonds. The number of thiazole rings is 1. The van der Waals surface area contributed by atoms with Crippen LogP contribution in [-0.4, -0.2) is 52.3 Å². The topological polar surface area (TPSA) is 128 Å². The average Bonchev–Trinajstić information content (AvgIpc) is 3.28. The van der Waals surface area contributed by atoms with Crippen molar-refractivity contribution in [2.75, 3.05) is 19.0 Å². The van der Waals surface area contributed by atoms with Gasteiger partial charge >= 0.3 is 11.8 Å². The minimum Gasteiger partial charge on any atom is -0.381 e. The second kappa shape index (κ2) is 8.87. The number of anilines is 1. The molecule has 1 aromatic carbocycles. The third-order valence-electron chi connectivity index (χ3n) is 6.27. The van der Waals surface area contributed by atoms with E-state index in [4.69, 9.17) is 10.5 Å². The maximum Gasteiger partial charge on any atom is 0.313 e. The Morgan fingerprint density at radius 1 is 1.27 bits per heavy atom. The maximum absolute atomic E-state index is 13.4. The Balaban J connectivity index is 1.66. The number of nitrogens with zero attached hydrogens (tertiary/aromatic N) is 3. The molecule has 0 saturated carbocycles. The van der Waals surface area contributed by atoms with E-state index in [1.165, 1.54) is 18.5 Å². The molecule has 1 saturated heterocycles. The average molecular weight is 468 g/mol. The minimum absolute atomic E-state index is 0.0303. The molecule has 0 spiro atoms. The van der Waals surface area contributed by atoms with Crippen molar-refractivity contribution in [2.45, 2.75) is 31.9 Å². The van der Waals surface area contributed by atoms with Gasteiger partial charge < -0.3 is 20.7 Å². The highest BCUT2D eigenvalue weighted by molar-refractivity contribution is 7.16. The molecule has 1 aliphatic heterocycles. The lowest BCUT2D eigenvalue weighted by atomic mass is 9.77. The number of carbonyl (C=O) groups is 3. The fourth-order valence-corrected chi connectivity index (χ4v) is 5.01. The van der Waals surface area contributed by atoms with Crippen molar-refractivity contribution in [3.63, 3.8) is 0 Å². The lowest BCUT2D eigenvalue weighted by Gasteiger charge is -2.49. The number of fused-ring (bicyclic) bond motifs is 1. The van der Waals surface area contributed by atoms with E-state index < -0.39 is 23.3 Å². The number of likely N-dealkylation sites (tertiary alicyclic amines) is 1. The van der Waals surface area contributed by atoms with E-state index in [9.17, 15) is 14.4 Å². The number of rotatable bonds is 4. The number of primary amides is 1. The molecule has 2 aromatic heterocycles. The molecule has 172 valence electrons. The van der Waals surface area contributed by atoms with Crippen molar-refractivity contribution in [3.05, 3.63) is 53.3 Å². The first-order valence-electron chi connectivity index (χ1n) is 10.5. The molecular weight excluding hydrogens is 442 g/mol. The second-order valence-corrected chi connectivity index (χ2v) is 9.35. The van der Waals surface area contributed by atoms with E-state index in [0.717, 1.165) is 15.8 Å². The number of benzene rings is 1. The molecule has 3 heterocycles. The molecule has 0 unspecified atom stereocenters. The maximum atomic E-state index is 13.4. The third-order valence-corrected chi connectivity index (χ3v) is 7.08. The smallest absolute Gasteiger partial charge is 0.313 e. The van der Waals surface area contributed by atoms with Gasteiger partial charge in [-0.2, -0.15) is 0 Å². The number of carbonyl (C=O) groups excluding carboxylic acids is 3. The summed E-state index contributed by atoms with van der Waals surface area (Å²) in [6.45, 7) is 4.28. The summed E-state index contributed by atoms with van der Waals surface area (Å²) in [5, 5.41) is 2.55. The zero-order valence-electron chi connectivity index (χ0n) is 18.6. The third kappa shape index (κ3) is 4.31. The largest absolute Gasteiger partial charge is 0.381 e. The van der Waals surface area contributed by atoms with Gasteiger partial charge in [-0.05, 0) is 30.7 Å². The Hall–Kier alpha value is -3.37. The molecule has 4 rings (SSSR count). The quantitative estimate of drug-likeness (QED) is 0.568. The Bertz CT molecular complexity index is 1230. The van der Waals surface area contributed by atoms with Crippen LogP contribution in [0, 0.1) is 5.92 Å². The van der Waals surface area contributed by atoms with Crippen LogP contribution in [0.3, 0.4) is 0 Å². The Labute approximate surface area is 195 Å². The van der Waals surface area contributed by atoms with Crippen molar-refractivity contribution in [1.82, 2.24) is 14.9 Å². The van der Waals surface area contributed by atoms with Gasteiger partial charge in [0, 0.05) is 32.2 Å². The fraction of sp³-hybridized carbons (Fsp3) is 0.348. The molecule has 0 radical (unpaired) electrons. The molecule has 33 heavy (non-hydrogen) atoms. The zero-order chi connectivity index (χ0) is 23.8. The van der Waals surface area contributed by atoms with Gasteiger partial charge in [-0.15, -0.1) is 11.3 Å². The highest BCUT2D eigenvalue weighted by Gasteiger charge is 2.47. The number of nitrogens with two attached hydrogens (primary N) is 1. The van der Waals surface area contributed by atoms with Crippen LogP contribution in [-0.2, 0) is 19.9 Å². The van der Waals surface area contributed by atoms with Crippen molar-refractivity contribution < 1.29 is 19.1 Å². The number of hydrogen-bond acceptors (Lipinski definition) is 7. The SMILES string of the molecule is CO[C@H]1C[C@@](C)(c2ccc3scnc3c2)N(C(=O)C(=O)Nc2cncc(C(N)=O)c2)C[C@H]1C. The Kier molecular flexibility index (Phi) is 6.13. The van der Waals surface area contributed by atoms with Crippen LogP contribution in [0.2, 0.25) is 0 Å². The van der Waals surface area contributed by atoms with Crippen molar-refractivity contribution in [1.29, 1.82) is 0 Å². The van der Waals surface area contributed by atoms with Crippen LogP contribution < -0.4 is 11.1 Å². The Morgan fingerprint density at radius 3 is 2.79 bits per heavy atom. The summed E-state index contributed by atoms with van der Waals surface area (Å²) < 4.78 is 6.76. The van der Waals surface area contributed by atoms with Gasteiger partial charge in [0.05, 0.1) is 44.8 Å². The van der Waals surface area contributed by atoms with Gasteiger partial charge in [0.2, 0.25) is 5.91 Å². The fourth-order valence-electron chi connectivity index (χ4n) is 4.35. The number of ether oxygens (including phenoxy) is 1. The van der Waals surface area contributed by atoms with Gasteiger partial charge in [0.1, 0.15) is 0 Å². The molecule has 9 nitrogen and oxygen atoms in total. The Morgan fingerprint density at radius 2 is 2.06 bits per heavy atom. The number of amides is 3. The summed E-state index contributed by atoms with van der Waals surface area (Å²) in [7, 11) is 1.66. The first kappa shape index (κ1) is 22.8. The lowest BCUT2D eigenvalue weighted by molar-refractivity contribution is -0.155. The van der Waals surface area contributed by atoms with Gasteiger partial charge in [0.15, 0.2) is 0 Å². The monoisotopic (exact) mass is 467 g/mol. The molecule has 0 bridgehead atoms. The van der Waals surface area contributed by atoms with E-state index in [-0.39, 0.29) is 23.3 Å². The van der Waals surface area contributed by atoms with E-state index in [1.54, 1.807) is 28.9 Å². The lowest BCUT2D eigenvalue weighted by Crippen LogP contribution is -2.59. The summed E-state index contributed by atoms with van der Waals surface area (Å²) in [5.74, 6) is -2.14. The molecule has 3 atom stereocenters. The van der Waals surface area contributed by atoms with Crippen molar-refractivity contribution in [2.24, 2.45) is 11.7 Å². The summed E-state index contributed by atoms with van der Waals surface area (Å²) in [5.41, 5.74) is 8.36. The number of pyridine rings is 1. The number of hydrogen-bond donors (Lipinski definition) is 2. The molecule has 3 aromatic rings. The van der Waals surface area contributed by atoms with Crippen LogP contribution in [0.1, 0.15) is 36.2 Å². The predicted molar refractivity (Wildman–Crippen MR) is 125 cm³/mol. The van der Waals surface area contributed by atoms with Crippen LogP contribution >= 0.6 is 11.3 Å². The summed E-state index contributed by atoms with van der Waals surface area (Å²) >= 11 is 1.54. The van der Waals surface area contributed by atoms with Crippen LogP contribution in [0.4, 0.5) is 5.69 Å². The van der Waals surface area contributed by atoms with E-state index in [0.29, 0.717) is 13.0 Å². The standard InChI is InChI=1S/C23H25N5O4S/c1-13-11-28(22(31)21(30)27-16-6-14(20(24)29)9-25-10-16)23(2,8-18(13)32-3)15-4-5-19-17(7-15)26-12-33-19/h4-7,9-10,12-13,18H,8,11H2,1-3H3,(H2,24,29)(H,27,30)/t13-,18+,23+/m1/s1. The van der Waals surface area contributed by atoms with Crippen molar-refractivity contribution >= 4 is 45.0 Å².